The molecule has 0 bridgehead atoms. The third-order valence-electron chi connectivity index (χ3n) is 2.76. The average Bonchev–Trinajstić information content (AvgIpc) is 3.03. The van der Waals surface area contributed by atoms with E-state index >= 15 is 0 Å². The summed E-state index contributed by atoms with van der Waals surface area (Å²) in [6.07, 6.45) is 1.71. The van der Waals surface area contributed by atoms with Gasteiger partial charge in [-0.1, -0.05) is 19.0 Å². The van der Waals surface area contributed by atoms with Crippen LogP contribution < -0.4 is 0 Å². The van der Waals surface area contributed by atoms with E-state index in [0.29, 0.717) is 24.1 Å². The molecule has 0 atom stereocenters. The molecule has 2 heterocycles. The second-order valence-corrected chi connectivity index (χ2v) is 5.98. The third-order valence-corrected chi connectivity index (χ3v) is 3.72. The van der Waals surface area contributed by atoms with E-state index in [-0.39, 0.29) is 12.4 Å². The number of methoxy groups -OCH3 is 1. The number of ether oxygens (including phenoxy) is 1. The van der Waals surface area contributed by atoms with E-state index in [4.69, 9.17) is 4.52 Å². The van der Waals surface area contributed by atoms with Gasteiger partial charge in [-0.05, 0) is 18.4 Å². The maximum atomic E-state index is 11.1. The zero-order valence-electron chi connectivity index (χ0n) is 11.9. The van der Waals surface area contributed by atoms with E-state index < -0.39 is 0 Å². The molecule has 0 unspecified atom stereocenters. The number of aryl methyl sites for hydroxylation is 1. The maximum absolute atomic E-state index is 11.1. The minimum Gasteiger partial charge on any atom is -0.469 e. The monoisotopic (exact) mass is 294 g/mol. The van der Waals surface area contributed by atoms with E-state index in [1.54, 1.807) is 11.3 Å². The summed E-state index contributed by atoms with van der Waals surface area (Å²) in [5, 5.41) is 5.99. The summed E-state index contributed by atoms with van der Waals surface area (Å²) in [4.78, 5) is 16.7. The van der Waals surface area contributed by atoms with Crippen LogP contribution in [0.15, 0.2) is 16.0 Å². The normalized spacial score (nSPS) is 11.0. The van der Waals surface area contributed by atoms with Gasteiger partial charge in [-0.15, -0.1) is 11.3 Å². The topological polar surface area (TPSA) is 65.2 Å². The van der Waals surface area contributed by atoms with Gasteiger partial charge in [0, 0.05) is 22.2 Å². The van der Waals surface area contributed by atoms with E-state index in [1.165, 1.54) is 12.0 Å². The van der Waals surface area contributed by atoms with Crippen LogP contribution in [-0.4, -0.2) is 23.2 Å². The Morgan fingerprint density at radius 3 is 3.00 bits per heavy atom. The molecule has 108 valence electrons. The van der Waals surface area contributed by atoms with Crippen molar-refractivity contribution < 1.29 is 14.1 Å². The summed E-state index contributed by atoms with van der Waals surface area (Å²) >= 11 is 1.71. The molecule has 0 fully saturated rings. The van der Waals surface area contributed by atoms with Crippen molar-refractivity contribution in [2.75, 3.05) is 7.11 Å². The maximum Gasteiger partial charge on any atom is 0.306 e. The Balaban J connectivity index is 2.01. The number of carbonyl (C=O) groups excluding carboxylic acids is 1. The predicted octanol–water partition coefficient (Wildman–Crippen LogP) is 3.10. The smallest absolute Gasteiger partial charge is 0.306 e. The first-order valence-electron chi connectivity index (χ1n) is 6.55. The van der Waals surface area contributed by atoms with Gasteiger partial charge in [-0.2, -0.15) is 4.98 Å². The highest BCUT2D eigenvalue weighted by molar-refractivity contribution is 7.10. The molecule has 5 nitrogen and oxygen atoms in total. The van der Waals surface area contributed by atoms with Gasteiger partial charge in [0.05, 0.1) is 13.5 Å². The number of carbonyl (C=O) groups is 1. The number of nitrogens with zero attached hydrogens (tertiary/aromatic N) is 2. The summed E-state index contributed by atoms with van der Waals surface area (Å²) < 4.78 is 9.72. The van der Waals surface area contributed by atoms with E-state index in [0.717, 1.165) is 12.0 Å². The molecule has 0 aliphatic heterocycles. The Hall–Kier alpha value is -1.69. The average molecular weight is 294 g/mol. The molecule has 0 radical (unpaired) electrons. The van der Waals surface area contributed by atoms with E-state index in [1.807, 2.05) is 5.38 Å². The van der Waals surface area contributed by atoms with Crippen molar-refractivity contribution in [3.8, 4) is 11.4 Å². The molecule has 6 heteroatoms. The minimum atomic E-state index is -0.278. The molecule has 2 rings (SSSR count). The fourth-order valence-electron chi connectivity index (χ4n) is 1.79. The van der Waals surface area contributed by atoms with Crippen LogP contribution in [0.2, 0.25) is 0 Å². The second-order valence-electron chi connectivity index (χ2n) is 4.99. The van der Waals surface area contributed by atoms with Crippen LogP contribution in [0.5, 0.6) is 0 Å². The van der Waals surface area contributed by atoms with Gasteiger partial charge in [0.25, 0.3) is 0 Å². The van der Waals surface area contributed by atoms with Gasteiger partial charge in [-0.3, -0.25) is 4.79 Å². The molecule has 0 spiro atoms. The van der Waals surface area contributed by atoms with Crippen LogP contribution in [0.1, 0.15) is 31.0 Å². The highest BCUT2D eigenvalue weighted by Crippen LogP contribution is 2.25. The van der Waals surface area contributed by atoms with Crippen LogP contribution in [-0.2, 0) is 22.4 Å². The Labute approximate surface area is 122 Å². The van der Waals surface area contributed by atoms with Gasteiger partial charge in [0.2, 0.25) is 11.7 Å². The Kier molecular flexibility index (Phi) is 4.89. The fraction of sp³-hybridized carbons (Fsp3) is 0.500. The summed E-state index contributed by atoms with van der Waals surface area (Å²) in [6, 6.07) is 2.10. The summed E-state index contributed by atoms with van der Waals surface area (Å²) in [6.45, 7) is 4.39. The van der Waals surface area contributed by atoms with Crippen LogP contribution in [0.3, 0.4) is 0 Å². The third kappa shape index (κ3) is 3.90. The number of hydrogen-bond acceptors (Lipinski definition) is 6. The summed E-state index contributed by atoms with van der Waals surface area (Å²) in [5.41, 5.74) is 0.971. The predicted molar refractivity (Wildman–Crippen MR) is 76.5 cm³/mol. The van der Waals surface area contributed by atoms with Gasteiger partial charge < -0.3 is 9.26 Å². The van der Waals surface area contributed by atoms with Crippen molar-refractivity contribution in [3.05, 3.63) is 22.2 Å². The zero-order valence-corrected chi connectivity index (χ0v) is 12.7. The van der Waals surface area contributed by atoms with Crippen molar-refractivity contribution in [1.29, 1.82) is 0 Å². The largest absolute Gasteiger partial charge is 0.469 e. The number of rotatable bonds is 6. The highest BCUT2D eigenvalue weighted by atomic mass is 32.1. The molecule has 0 amide bonds. The first-order chi connectivity index (χ1) is 9.58. The van der Waals surface area contributed by atoms with E-state index in [9.17, 15) is 4.79 Å². The van der Waals surface area contributed by atoms with Crippen molar-refractivity contribution in [2.45, 2.75) is 33.1 Å². The Bertz CT molecular complexity index is 574. The van der Waals surface area contributed by atoms with Crippen molar-refractivity contribution in [2.24, 2.45) is 5.92 Å². The first kappa shape index (κ1) is 14.7. The molecule has 2 aromatic heterocycles. The van der Waals surface area contributed by atoms with Crippen molar-refractivity contribution in [1.82, 2.24) is 10.1 Å². The van der Waals surface area contributed by atoms with Crippen molar-refractivity contribution >= 4 is 17.3 Å². The molecular weight excluding hydrogens is 276 g/mol. The lowest BCUT2D eigenvalue weighted by atomic mass is 10.1. The zero-order chi connectivity index (χ0) is 14.5. The SMILES string of the molecule is COC(=O)CCc1nc(-c2csc(CC(C)C)c2)no1. The molecule has 0 aliphatic rings. The van der Waals surface area contributed by atoms with Crippen LogP contribution in [0.25, 0.3) is 11.4 Å². The fourth-order valence-corrected chi connectivity index (χ4v) is 2.87. The van der Waals surface area contributed by atoms with Gasteiger partial charge >= 0.3 is 5.97 Å². The summed E-state index contributed by atoms with van der Waals surface area (Å²) in [7, 11) is 1.36. The molecule has 0 N–H and O–H groups in total. The van der Waals surface area contributed by atoms with E-state index in [2.05, 4.69) is 34.8 Å². The highest BCUT2D eigenvalue weighted by Gasteiger charge is 2.12. The number of esters is 1. The Morgan fingerprint density at radius 1 is 1.50 bits per heavy atom. The van der Waals surface area contributed by atoms with Crippen LogP contribution in [0.4, 0.5) is 0 Å². The van der Waals surface area contributed by atoms with Gasteiger partial charge in [0.1, 0.15) is 0 Å². The second kappa shape index (κ2) is 6.65. The summed E-state index contributed by atoms with van der Waals surface area (Å²) in [5.74, 6) is 1.39. The van der Waals surface area contributed by atoms with Gasteiger partial charge in [0.15, 0.2) is 0 Å². The van der Waals surface area contributed by atoms with Crippen LogP contribution >= 0.6 is 11.3 Å². The molecule has 20 heavy (non-hydrogen) atoms. The molecule has 0 aliphatic carbocycles. The quantitative estimate of drug-likeness (QED) is 0.766. The minimum absolute atomic E-state index is 0.250. The number of aromatic nitrogens is 2. The Morgan fingerprint density at radius 2 is 2.30 bits per heavy atom. The molecule has 0 saturated carbocycles. The lowest BCUT2D eigenvalue weighted by molar-refractivity contribution is -0.140. The molecule has 0 saturated heterocycles. The lowest BCUT2D eigenvalue weighted by Crippen LogP contribution is -2.01. The molecule has 2 aromatic rings. The standard InChI is InChI=1S/C14H18N2O3S/c1-9(2)6-11-7-10(8-20-11)14-15-12(19-16-14)4-5-13(17)18-3/h7-9H,4-6H2,1-3H3. The van der Waals surface area contributed by atoms with Crippen LogP contribution in [0, 0.1) is 5.92 Å². The molecular formula is C14H18N2O3S. The first-order valence-corrected chi connectivity index (χ1v) is 7.43. The van der Waals surface area contributed by atoms with Gasteiger partial charge in [-0.25, -0.2) is 0 Å². The molecule has 0 aromatic carbocycles. The van der Waals surface area contributed by atoms with Crippen molar-refractivity contribution in [3.63, 3.8) is 0 Å². The number of thiophene rings is 1. The number of hydrogen-bond donors (Lipinski definition) is 0. The lowest BCUT2D eigenvalue weighted by Gasteiger charge is -1.99.